The highest BCUT2D eigenvalue weighted by Gasteiger charge is 2.18. The lowest BCUT2D eigenvalue weighted by atomic mass is 10.2. The molecule has 0 atom stereocenters. The van der Waals surface area contributed by atoms with Gasteiger partial charge in [-0.05, 0) is 24.3 Å². The number of amides is 1. The molecule has 112 valence electrons. The Kier molecular flexibility index (Phi) is 5.98. The van der Waals surface area contributed by atoms with E-state index in [2.05, 4.69) is 5.32 Å². The molecule has 20 heavy (non-hydrogen) atoms. The standard InChI is InChI=1S/C13H18N2O3S.ClH/c1-2-19(17,18)12-5-3-11(4-6-12)13(16)15-9-7-14-8-10-15;/h3-6,14H,2,7-10H2,1H3;1H. The molecule has 0 spiro atoms. The van der Waals surface area contributed by atoms with E-state index >= 15 is 0 Å². The fourth-order valence-corrected chi connectivity index (χ4v) is 2.91. The molecule has 1 aromatic rings. The second-order valence-electron chi connectivity index (χ2n) is 4.47. The van der Waals surface area contributed by atoms with E-state index in [0.717, 1.165) is 13.1 Å². The minimum atomic E-state index is -3.20. The van der Waals surface area contributed by atoms with Crippen molar-refractivity contribution in [3.63, 3.8) is 0 Å². The first-order chi connectivity index (χ1) is 9.04. The van der Waals surface area contributed by atoms with Crippen molar-refractivity contribution in [2.24, 2.45) is 0 Å². The van der Waals surface area contributed by atoms with E-state index in [1.165, 1.54) is 12.1 Å². The van der Waals surface area contributed by atoms with Crippen LogP contribution >= 0.6 is 12.4 Å². The Hall–Kier alpha value is -1.11. The topological polar surface area (TPSA) is 66.5 Å². The quantitative estimate of drug-likeness (QED) is 0.901. The fraction of sp³-hybridized carbons (Fsp3) is 0.462. The van der Waals surface area contributed by atoms with Gasteiger partial charge in [0.15, 0.2) is 9.84 Å². The molecule has 7 heteroatoms. The maximum Gasteiger partial charge on any atom is 0.253 e. The van der Waals surface area contributed by atoms with Crippen molar-refractivity contribution in [1.29, 1.82) is 0 Å². The molecule has 0 radical (unpaired) electrons. The molecule has 0 aromatic heterocycles. The van der Waals surface area contributed by atoms with E-state index in [9.17, 15) is 13.2 Å². The van der Waals surface area contributed by atoms with Crippen molar-refractivity contribution >= 4 is 28.2 Å². The monoisotopic (exact) mass is 318 g/mol. The van der Waals surface area contributed by atoms with Crippen LogP contribution in [0.5, 0.6) is 0 Å². The van der Waals surface area contributed by atoms with E-state index in [4.69, 9.17) is 0 Å². The van der Waals surface area contributed by atoms with Gasteiger partial charge in [-0.1, -0.05) is 6.92 Å². The predicted molar refractivity (Wildman–Crippen MR) is 80.2 cm³/mol. The third-order valence-corrected chi connectivity index (χ3v) is 5.00. The molecule has 1 fully saturated rings. The van der Waals surface area contributed by atoms with Crippen molar-refractivity contribution in [3.8, 4) is 0 Å². The van der Waals surface area contributed by atoms with Gasteiger partial charge in [-0.25, -0.2) is 8.42 Å². The lowest BCUT2D eigenvalue weighted by Crippen LogP contribution is -2.46. The van der Waals surface area contributed by atoms with Crippen molar-refractivity contribution < 1.29 is 13.2 Å². The van der Waals surface area contributed by atoms with Crippen LogP contribution in [-0.4, -0.2) is 51.2 Å². The minimum absolute atomic E-state index is 0. The maximum atomic E-state index is 12.2. The van der Waals surface area contributed by atoms with Gasteiger partial charge in [-0.3, -0.25) is 4.79 Å². The lowest BCUT2D eigenvalue weighted by Gasteiger charge is -2.27. The van der Waals surface area contributed by atoms with Crippen LogP contribution in [0.3, 0.4) is 0 Å². The summed E-state index contributed by atoms with van der Waals surface area (Å²) in [5.41, 5.74) is 0.539. The van der Waals surface area contributed by atoms with Crippen LogP contribution in [0.1, 0.15) is 17.3 Å². The number of hydrogen-bond donors (Lipinski definition) is 1. The van der Waals surface area contributed by atoms with Gasteiger partial charge in [-0.2, -0.15) is 0 Å². The Balaban J connectivity index is 0.00000200. The van der Waals surface area contributed by atoms with Crippen LogP contribution in [0.25, 0.3) is 0 Å². The summed E-state index contributed by atoms with van der Waals surface area (Å²) in [7, 11) is -3.20. The molecule has 2 rings (SSSR count). The van der Waals surface area contributed by atoms with Crippen LogP contribution in [0.2, 0.25) is 0 Å². The van der Waals surface area contributed by atoms with Gasteiger partial charge >= 0.3 is 0 Å². The zero-order valence-electron chi connectivity index (χ0n) is 11.3. The molecule has 0 saturated carbocycles. The summed E-state index contributed by atoms with van der Waals surface area (Å²) in [6.45, 7) is 4.58. The SMILES string of the molecule is CCS(=O)(=O)c1ccc(C(=O)N2CCNCC2)cc1.Cl. The summed E-state index contributed by atoms with van der Waals surface area (Å²) in [4.78, 5) is 14.2. The second kappa shape index (κ2) is 7.06. The van der Waals surface area contributed by atoms with Gasteiger partial charge in [0.25, 0.3) is 5.91 Å². The van der Waals surface area contributed by atoms with Crippen LogP contribution < -0.4 is 5.32 Å². The highest BCUT2D eigenvalue weighted by atomic mass is 35.5. The van der Waals surface area contributed by atoms with Crippen molar-refractivity contribution in [2.45, 2.75) is 11.8 Å². The smallest absolute Gasteiger partial charge is 0.253 e. The van der Waals surface area contributed by atoms with Crippen LogP contribution in [-0.2, 0) is 9.84 Å². The number of piperazine rings is 1. The molecule has 1 N–H and O–H groups in total. The Morgan fingerprint density at radius 2 is 1.75 bits per heavy atom. The maximum absolute atomic E-state index is 12.2. The number of halogens is 1. The molecule has 1 aromatic carbocycles. The van der Waals surface area contributed by atoms with Crippen molar-refractivity contribution in [2.75, 3.05) is 31.9 Å². The first-order valence-electron chi connectivity index (χ1n) is 6.37. The van der Waals surface area contributed by atoms with E-state index in [1.54, 1.807) is 24.0 Å². The molecular formula is C13H19ClN2O3S. The van der Waals surface area contributed by atoms with Gasteiger partial charge in [0.05, 0.1) is 10.6 Å². The van der Waals surface area contributed by atoms with Gasteiger partial charge in [0.2, 0.25) is 0 Å². The second-order valence-corrected chi connectivity index (χ2v) is 6.75. The minimum Gasteiger partial charge on any atom is -0.336 e. The number of carbonyl (C=O) groups is 1. The fourth-order valence-electron chi connectivity index (χ4n) is 2.02. The van der Waals surface area contributed by atoms with E-state index < -0.39 is 9.84 Å². The van der Waals surface area contributed by atoms with Crippen LogP contribution in [0.4, 0.5) is 0 Å². The number of benzene rings is 1. The summed E-state index contributed by atoms with van der Waals surface area (Å²) in [6, 6.07) is 6.20. The van der Waals surface area contributed by atoms with E-state index in [-0.39, 0.29) is 29.0 Å². The lowest BCUT2D eigenvalue weighted by molar-refractivity contribution is 0.0735. The molecule has 1 aliphatic heterocycles. The molecule has 1 aliphatic rings. The molecule has 0 aliphatic carbocycles. The zero-order chi connectivity index (χ0) is 13.9. The Labute approximate surface area is 125 Å². The molecule has 5 nitrogen and oxygen atoms in total. The van der Waals surface area contributed by atoms with Crippen molar-refractivity contribution in [3.05, 3.63) is 29.8 Å². The van der Waals surface area contributed by atoms with Crippen molar-refractivity contribution in [1.82, 2.24) is 10.2 Å². The molecule has 1 amide bonds. The average molecular weight is 319 g/mol. The van der Waals surface area contributed by atoms with Crippen LogP contribution in [0, 0.1) is 0 Å². The number of nitrogens with zero attached hydrogens (tertiary/aromatic N) is 1. The largest absolute Gasteiger partial charge is 0.336 e. The van der Waals surface area contributed by atoms with E-state index in [0.29, 0.717) is 18.7 Å². The summed E-state index contributed by atoms with van der Waals surface area (Å²) < 4.78 is 23.4. The number of rotatable bonds is 3. The Morgan fingerprint density at radius 1 is 1.20 bits per heavy atom. The Bertz CT molecular complexity index is 551. The summed E-state index contributed by atoms with van der Waals surface area (Å²) >= 11 is 0. The number of sulfone groups is 1. The first kappa shape index (κ1) is 16.9. The number of hydrogen-bond acceptors (Lipinski definition) is 4. The van der Waals surface area contributed by atoms with E-state index in [1.807, 2.05) is 0 Å². The molecule has 0 unspecified atom stereocenters. The molecule has 0 bridgehead atoms. The van der Waals surface area contributed by atoms with Gasteiger partial charge in [0, 0.05) is 31.7 Å². The predicted octanol–water partition coefficient (Wildman–Crippen LogP) is 0.947. The van der Waals surface area contributed by atoms with Crippen LogP contribution in [0.15, 0.2) is 29.2 Å². The summed E-state index contributed by atoms with van der Waals surface area (Å²) in [6.07, 6.45) is 0. The Morgan fingerprint density at radius 3 is 2.25 bits per heavy atom. The van der Waals surface area contributed by atoms with Gasteiger partial charge in [0.1, 0.15) is 0 Å². The highest BCUT2D eigenvalue weighted by molar-refractivity contribution is 7.91. The van der Waals surface area contributed by atoms with Gasteiger partial charge < -0.3 is 10.2 Å². The molecule has 1 saturated heterocycles. The summed E-state index contributed by atoms with van der Waals surface area (Å²) in [5.74, 6) is 0.0277. The highest BCUT2D eigenvalue weighted by Crippen LogP contribution is 2.14. The van der Waals surface area contributed by atoms with Gasteiger partial charge in [-0.15, -0.1) is 12.4 Å². The molecular weight excluding hydrogens is 300 g/mol. The number of nitrogens with one attached hydrogen (secondary N) is 1. The third-order valence-electron chi connectivity index (χ3n) is 3.24. The molecule has 1 heterocycles. The third kappa shape index (κ3) is 3.71. The zero-order valence-corrected chi connectivity index (χ0v) is 13.0. The number of carbonyl (C=O) groups excluding carboxylic acids is 1. The first-order valence-corrected chi connectivity index (χ1v) is 8.02. The average Bonchev–Trinajstić information content (AvgIpc) is 2.47. The summed E-state index contributed by atoms with van der Waals surface area (Å²) in [5, 5.41) is 3.18. The normalized spacial score (nSPS) is 15.6.